The third-order valence-corrected chi connectivity index (χ3v) is 5.19. The number of carbonyl (C=O) groups is 2. The van der Waals surface area contributed by atoms with Gasteiger partial charge in [-0.3, -0.25) is 9.59 Å². The molecule has 0 saturated carbocycles. The van der Waals surface area contributed by atoms with Crippen LogP contribution in [0, 0.1) is 5.82 Å². The van der Waals surface area contributed by atoms with E-state index < -0.39 is 0 Å². The zero-order valence-corrected chi connectivity index (χ0v) is 14.7. The van der Waals surface area contributed by atoms with Crippen molar-refractivity contribution < 1.29 is 14.0 Å². The molecule has 1 aliphatic heterocycles. The third kappa shape index (κ3) is 4.24. The minimum Gasteiger partial charge on any atom is -0.351 e. The maximum absolute atomic E-state index is 13.6. The van der Waals surface area contributed by atoms with Crippen LogP contribution in [0.2, 0.25) is 0 Å². The lowest BCUT2D eigenvalue weighted by Gasteiger charge is -2.36. The lowest BCUT2D eigenvalue weighted by Crippen LogP contribution is -2.48. The zero-order valence-electron chi connectivity index (χ0n) is 13.9. The first-order valence-corrected chi connectivity index (χ1v) is 8.96. The highest BCUT2D eigenvalue weighted by Gasteiger charge is 2.29. The van der Waals surface area contributed by atoms with Crippen LogP contribution in [0.5, 0.6) is 0 Å². The van der Waals surface area contributed by atoms with Crippen molar-refractivity contribution in [3.8, 4) is 0 Å². The van der Waals surface area contributed by atoms with Crippen molar-refractivity contribution in [3.63, 3.8) is 0 Å². The van der Waals surface area contributed by atoms with Gasteiger partial charge in [-0.25, -0.2) is 4.39 Å². The van der Waals surface area contributed by atoms with E-state index >= 15 is 0 Å². The number of nitrogens with one attached hydrogen (secondary N) is 2. The number of amides is 2. The van der Waals surface area contributed by atoms with Gasteiger partial charge in [0.15, 0.2) is 0 Å². The van der Waals surface area contributed by atoms with Crippen LogP contribution in [0.4, 0.5) is 4.39 Å². The van der Waals surface area contributed by atoms with E-state index in [-0.39, 0.29) is 23.7 Å². The number of thiophene rings is 1. The third-order valence-electron chi connectivity index (χ3n) is 4.12. The molecule has 132 valence electrons. The lowest BCUT2D eigenvalue weighted by molar-refractivity contribution is -0.119. The van der Waals surface area contributed by atoms with Crippen LogP contribution in [0.1, 0.15) is 33.1 Å². The average Bonchev–Trinajstić information content (AvgIpc) is 3.08. The lowest BCUT2D eigenvalue weighted by atomic mass is 10.0. The van der Waals surface area contributed by atoms with Crippen LogP contribution in [0.3, 0.4) is 0 Å². The Hall–Kier alpha value is -2.25. The monoisotopic (exact) mass is 361 g/mol. The average molecular weight is 361 g/mol. The normalized spacial score (nSPS) is 17.4. The van der Waals surface area contributed by atoms with Gasteiger partial charge in [-0.1, -0.05) is 12.1 Å². The van der Waals surface area contributed by atoms with E-state index in [4.69, 9.17) is 0 Å². The Labute approximate surface area is 149 Å². The number of piperazine rings is 1. The van der Waals surface area contributed by atoms with E-state index in [1.54, 1.807) is 17.0 Å². The van der Waals surface area contributed by atoms with E-state index in [1.165, 1.54) is 30.4 Å². The molecule has 5 nitrogen and oxygen atoms in total. The molecule has 0 spiro atoms. The summed E-state index contributed by atoms with van der Waals surface area (Å²) < 4.78 is 13.6. The smallest absolute Gasteiger partial charge is 0.264 e. The second-order valence-corrected chi connectivity index (χ2v) is 7.12. The number of nitrogens with zero attached hydrogens (tertiary/aromatic N) is 1. The summed E-state index contributed by atoms with van der Waals surface area (Å²) in [5.41, 5.74) is 0.788. The van der Waals surface area contributed by atoms with Gasteiger partial charge in [0.25, 0.3) is 5.91 Å². The molecule has 0 radical (unpaired) electrons. The second kappa shape index (κ2) is 7.76. The van der Waals surface area contributed by atoms with Crippen molar-refractivity contribution in [2.24, 2.45) is 0 Å². The highest BCUT2D eigenvalue weighted by Crippen LogP contribution is 2.27. The van der Waals surface area contributed by atoms with Gasteiger partial charge in [0, 0.05) is 31.4 Å². The van der Waals surface area contributed by atoms with Gasteiger partial charge in [0.05, 0.1) is 17.5 Å². The molecule has 7 heteroatoms. The van der Waals surface area contributed by atoms with Crippen LogP contribution >= 0.6 is 11.3 Å². The Morgan fingerprint density at radius 1 is 1.36 bits per heavy atom. The number of hydrogen-bond acceptors (Lipinski definition) is 4. The summed E-state index contributed by atoms with van der Waals surface area (Å²) in [4.78, 5) is 27.3. The Morgan fingerprint density at radius 2 is 2.20 bits per heavy atom. The number of rotatable bonds is 4. The van der Waals surface area contributed by atoms with Gasteiger partial charge in [0.1, 0.15) is 5.82 Å². The van der Waals surface area contributed by atoms with Crippen molar-refractivity contribution in [2.45, 2.75) is 19.5 Å². The highest BCUT2D eigenvalue weighted by molar-refractivity contribution is 7.14. The molecule has 2 aromatic rings. The topological polar surface area (TPSA) is 61.4 Å². The minimum absolute atomic E-state index is 0.0603. The maximum Gasteiger partial charge on any atom is 0.264 e. The van der Waals surface area contributed by atoms with Crippen LogP contribution in [-0.4, -0.2) is 36.3 Å². The Kier molecular flexibility index (Phi) is 5.45. The molecule has 25 heavy (non-hydrogen) atoms. The Balaban J connectivity index is 1.78. The molecule has 1 aliphatic rings. The molecule has 1 aromatic heterocycles. The largest absolute Gasteiger partial charge is 0.351 e. The summed E-state index contributed by atoms with van der Waals surface area (Å²) in [5.74, 6) is -0.464. The first kappa shape index (κ1) is 17.6. The molecule has 1 atom stereocenters. The van der Waals surface area contributed by atoms with Crippen molar-refractivity contribution in [1.82, 2.24) is 15.5 Å². The first-order chi connectivity index (χ1) is 12.0. The van der Waals surface area contributed by atoms with Crippen molar-refractivity contribution >= 4 is 23.2 Å². The summed E-state index contributed by atoms with van der Waals surface area (Å²) >= 11 is 1.38. The van der Waals surface area contributed by atoms with Gasteiger partial charge in [-0.2, -0.15) is 0 Å². The summed E-state index contributed by atoms with van der Waals surface area (Å²) in [5, 5.41) is 6.00. The van der Waals surface area contributed by atoms with Crippen LogP contribution in [0.25, 0.3) is 0 Å². The predicted molar refractivity (Wildman–Crippen MR) is 94.9 cm³/mol. The van der Waals surface area contributed by atoms with Gasteiger partial charge in [-0.05, 0) is 29.8 Å². The van der Waals surface area contributed by atoms with E-state index in [0.29, 0.717) is 31.1 Å². The number of halogens is 1. The molecule has 3 rings (SSSR count). The Morgan fingerprint density at radius 3 is 2.96 bits per heavy atom. The van der Waals surface area contributed by atoms with E-state index in [1.807, 2.05) is 12.1 Å². The van der Waals surface area contributed by atoms with Gasteiger partial charge in [0.2, 0.25) is 5.91 Å². The molecule has 1 aromatic carbocycles. The molecule has 1 unspecified atom stereocenters. The molecule has 2 heterocycles. The van der Waals surface area contributed by atoms with E-state index in [2.05, 4.69) is 10.6 Å². The van der Waals surface area contributed by atoms with Crippen LogP contribution in [0.15, 0.2) is 36.4 Å². The standard InChI is InChI=1S/C18H20FN3O2S/c1-12(23)21-10-15-5-6-17(25-15)18(24)22-8-7-20-11-16(22)13-3-2-4-14(19)9-13/h2-6,9,16,20H,7-8,10-11H2,1H3,(H,21,23). The van der Waals surface area contributed by atoms with Crippen LogP contribution in [-0.2, 0) is 11.3 Å². The van der Waals surface area contributed by atoms with Crippen molar-refractivity contribution in [1.29, 1.82) is 0 Å². The Bertz CT molecular complexity index is 777. The zero-order chi connectivity index (χ0) is 17.8. The molecule has 2 amide bonds. The first-order valence-electron chi connectivity index (χ1n) is 8.15. The molecule has 1 fully saturated rings. The SMILES string of the molecule is CC(=O)NCc1ccc(C(=O)N2CCNCC2c2cccc(F)c2)s1. The number of hydrogen-bond donors (Lipinski definition) is 2. The molecule has 2 N–H and O–H groups in total. The fraction of sp³-hybridized carbons (Fsp3) is 0.333. The number of benzene rings is 1. The van der Waals surface area contributed by atoms with Crippen LogP contribution < -0.4 is 10.6 Å². The second-order valence-electron chi connectivity index (χ2n) is 5.95. The summed E-state index contributed by atoms with van der Waals surface area (Å²) in [6.45, 7) is 3.76. The van der Waals surface area contributed by atoms with Gasteiger partial charge in [-0.15, -0.1) is 11.3 Å². The fourth-order valence-corrected chi connectivity index (χ4v) is 3.80. The maximum atomic E-state index is 13.6. The van der Waals surface area contributed by atoms with Crippen molar-refractivity contribution in [3.05, 3.63) is 57.5 Å². The van der Waals surface area contributed by atoms with E-state index in [0.717, 1.165) is 10.4 Å². The van der Waals surface area contributed by atoms with Crippen molar-refractivity contribution in [2.75, 3.05) is 19.6 Å². The number of carbonyl (C=O) groups excluding carboxylic acids is 2. The van der Waals surface area contributed by atoms with Gasteiger partial charge >= 0.3 is 0 Å². The summed E-state index contributed by atoms with van der Waals surface area (Å²) in [6, 6.07) is 9.84. The molecule has 0 aliphatic carbocycles. The van der Waals surface area contributed by atoms with Gasteiger partial charge < -0.3 is 15.5 Å². The predicted octanol–water partition coefficient (Wildman–Crippen LogP) is 2.31. The minimum atomic E-state index is -0.302. The molecule has 1 saturated heterocycles. The highest BCUT2D eigenvalue weighted by atomic mass is 32.1. The quantitative estimate of drug-likeness (QED) is 0.879. The molecular weight excluding hydrogens is 341 g/mol. The molecule has 0 bridgehead atoms. The summed E-state index contributed by atoms with van der Waals surface area (Å²) in [7, 11) is 0. The fourth-order valence-electron chi connectivity index (χ4n) is 2.90. The molecular formula is C18H20FN3O2S. The summed E-state index contributed by atoms with van der Waals surface area (Å²) in [6.07, 6.45) is 0. The van der Waals surface area contributed by atoms with E-state index in [9.17, 15) is 14.0 Å².